The van der Waals surface area contributed by atoms with Crippen LogP contribution in [0.4, 0.5) is 5.95 Å². The van der Waals surface area contributed by atoms with Crippen molar-refractivity contribution in [3.05, 3.63) is 29.5 Å². The molecular weight excluding hydrogens is 286 g/mol. The SMILES string of the molecule is Cc1nnc(NCCSCc2ccc(CN(C)C)o2)n1C. The normalized spacial score (nSPS) is 11.3. The molecule has 7 heteroatoms. The summed E-state index contributed by atoms with van der Waals surface area (Å²) in [5, 5.41) is 11.4. The van der Waals surface area contributed by atoms with E-state index < -0.39 is 0 Å². The molecule has 2 heterocycles. The Morgan fingerprint density at radius 3 is 2.71 bits per heavy atom. The fourth-order valence-corrected chi connectivity index (χ4v) is 2.61. The van der Waals surface area contributed by atoms with Gasteiger partial charge in [0.2, 0.25) is 5.95 Å². The van der Waals surface area contributed by atoms with Crippen LogP contribution >= 0.6 is 11.8 Å². The fourth-order valence-electron chi connectivity index (χ4n) is 1.87. The first kappa shape index (κ1) is 15.9. The lowest BCUT2D eigenvalue weighted by Crippen LogP contribution is -2.09. The van der Waals surface area contributed by atoms with E-state index in [1.807, 2.05) is 44.4 Å². The molecule has 2 aromatic heterocycles. The van der Waals surface area contributed by atoms with Gasteiger partial charge in [0.05, 0.1) is 12.3 Å². The van der Waals surface area contributed by atoms with Crippen molar-refractivity contribution in [2.75, 3.05) is 31.7 Å². The highest BCUT2D eigenvalue weighted by Crippen LogP contribution is 2.16. The molecule has 116 valence electrons. The van der Waals surface area contributed by atoms with Crippen LogP contribution in [0.5, 0.6) is 0 Å². The van der Waals surface area contributed by atoms with Crippen molar-refractivity contribution < 1.29 is 4.42 Å². The number of aryl methyl sites for hydroxylation is 1. The zero-order chi connectivity index (χ0) is 15.2. The van der Waals surface area contributed by atoms with E-state index in [2.05, 4.69) is 32.5 Å². The predicted octanol–water partition coefficient (Wildman–Crippen LogP) is 2.12. The Balaban J connectivity index is 1.65. The molecule has 0 fully saturated rings. The molecule has 0 saturated carbocycles. The minimum Gasteiger partial charge on any atom is -0.464 e. The standard InChI is InChI=1S/C14H23N5OS/c1-11-16-17-14(19(11)4)15-7-8-21-10-13-6-5-12(20-13)9-18(2)3/h5-6H,7-10H2,1-4H3,(H,15,17). The van der Waals surface area contributed by atoms with Crippen LogP contribution in [0.2, 0.25) is 0 Å². The van der Waals surface area contributed by atoms with Crippen LogP contribution in [-0.4, -0.2) is 46.1 Å². The van der Waals surface area contributed by atoms with Gasteiger partial charge in [-0.1, -0.05) is 0 Å². The van der Waals surface area contributed by atoms with Gasteiger partial charge in [0, 0.05) is 19.3 Å². The third kappa shape index (κ3) is 4.78. The van der Waals surface area contributed by atoms with Gasteiger partial charge in [-0.2, -0.15) is 11.8 Å². The second kappa shape index (κ2) is 7.51. The van der Waals surface area contributed by atoms with Crippen LogP contribution in [0, 0.1) is 6.92 Å². The van der Waals surface area contributed by atoms with Crippen molar-refractivity contribution in [3.63, 3.8) is 0 Å². The maximum Gasteiger partial charge on any atom is 0.224 e. The third-order valence-corrected chi connectivity index (χ3v) is 4.04. The van der Waals surface area contributed by atoms with E-state index in [1.165, 1.54) is 0 Å². The topological polar surface area (TPSA) is 59.1 Å². The van der Waals surface area contributed by atoms with E-state index >= 15 is 0 Å². The summed E-state index contributed by atoms with van der Waals surface area (Å²) in [6, 6.07) is 4.11. The highest BCUT2D eigenvalue weighted by Gasteiger charge is 2.05. The Morgan fingerprint density at radius 1 is 1.29 bits per heavy atom. The Kier molecular flexibility index (Phi) is 5.69. The van der Waals surface area contributed by atoms with Crippen LogP contribution in [0.15, 0.2) is 16.5 Å². The number of hydrogen-bond donors (Lipinski definition) is 1. The summed E-state index contributed by atoms with van der Waals surface area (Å²) in [5.74, 6) is 5.67. The minimum absolute atomic E-state index is 0.819. The Bertz CT molecular complexity index is 563. The highest BCUT2D eigenvalue weighted by atomic mass is 32.2. The summed E-state index contributed by atoms with van der Waals surface area (Å²) < 4.78 is 7.72. The van der Waals surface area contributed by atoms with Gasteiger partial charge in [-0.3, -0.25) is 0 Å². The van der Waals surface area contributed by atoms with Crippen molar-refractivity contribution in [2.45, 2.75) is 19.2 Å². The molecular formula is C14H23N5OS. The van der Waals surface area contributed by atoms with Crippen molar-refractivity contribution in [1.29, 1.82) is 0 Å². The van der Waals surface area contributed by atoms with Gasteiger partial charge >= 0.3 is 0 Å². The average molecular weight is 309 g/mol. The second-order valence-corrected chi connectivity index (χ2v) is 6.32. The van der Waals surface area contributed by atoms with Gasteiger partial charge < -0.3 is 19.2 Å². The molecule has 6 nitrogen and oxygen atoms in total. The summed E-state index contributed by atoms with van der Waals surface area (Å²) in [6.07, 6.45) is 0. The monoisotopic (exact) mass is 309 g/mol. The molecule has 0 atom stereocenters. The number of nitrogens with zero attached hydrogens (tertiary/aromatic N) is 4. The maximum atomic E-state index is 5.77. The molecule has 0 aliphatic heterocycles. The highest BCUT2D eigenvalue weighted by molar-refractivity contribution is 7.98. The Morgan fingerprint density at radius 2 is 2.05 bits per heavy atom. The first-order valence-electron chi connectivity index (χ1n) is 6.96. The Labute approximate surface area is 129 Å². The smallest absolute Gasteiger partial charge is 0.224 e. The molecule has 2 aromatic rings. The molecule has 0 aliphatic carbocycles. The first-order valence-corrected chi connectivity index (χ1v) is 8.11. The van der Waals surface area contributed by atoms with Crippen LogP contribution in [0.25, 0.3) is 0 Å². The first-order chi connectivity index (χ1) is 10.1. The quantitative estimate of drug-likeness (QED) is 0.754. The van der Waals surface area contributed by atoms with Crippen molar-refractivity contribution in [1.82, 2.24) is 19.7 Å². The Hall–Kier alpha value is -1.47. The molecule has 1 N–H and O–H groups in total. The van der Waals surface area contributed by atoms with Gasteiger partial charge in [0.1, 0.15) is 17.3 Å². The number of aromatic nitrogens is 3. The van der Waals surface area contributed by atoms with Crippen molar-refractivity contribution >= 4 is 17.7 Å². The number of hydrogen-bond acceptors (Lipinski definition) is 6. The third-order valence-electron chi connectivity index (χ3n) is 3.06. The molecule has 21 heavy (non-hydrogen) atoms. The van der Waals surface area contributed by atoms with Gasteiger partial charge in [0.25, 0.3) is 0 Å². The van der Waals surface area contributed by atoms with E-state index in [4.69, 9.17) is 4.42 Å². The predicted molar refractivity (Wildman–Crippen MR) is 86.5 cm³/mol. The van der Waals surface area contributed by atoms with Gasteiger partial charge in [-0.25, -0.2) is 0 Å². The molecule has 0 aliphatic rings. The fraction of sp³-hybridized carbons (Fsp3) is 0.571. The molecule has 0 radical (unpaired) electrons. The zero-order valence-electron chi connectivity index (χ0n) is 13.1. The largest absolute Gasteiger partial charge is 0.464 e. The summed E-state index contributed by atoms with van der Waals surface area (Å²) in [7, 11) is 6.04. The lowest BCUT2D eigenvalue weighted by Gasteiger charge is -2.06. The molecule has 2 rings (SSSR count). The lowest BCUT2D eigenvalue weighted by molar-refractivity contribution is 0.344. The number of anilines is 1. The lowest BCUT2D eigenvalue weighted by atomic mass is 10.4. The molecule has 0 aromatic carbocycles. The van der Waals surface area contributed by atoms with Gasteiger partial charge in [-0.15, -0.1) is 10.2 Å². The van der Waals surface area contributed by atoms with Crippen molar-refractivity contribution in [3.8, 4) is 0 Å². The summed E-state index contributed by atoms with van der Waals surface area (Å²) in [5.41, 5.74) is 0. The summed E-state index contributed by atoms with van der Waals surface area (Å²) in [4.78, 5) is 2.10. The molecule has 0 spiro atoms. The maximum absolute atomic E-state index is 5.77. The summed E-state index contributed by atoms with van der Waals surface area (Å²) in [6.45, 7) is 3.65. The van der Waals surface area contributed by atoms with E-state index in [1.54, 1.807) is 0 Å². The zero-order valence-corrected chi connectivity index (χ0v) is 13.9. The molecule has 0 unspecified atom stereocenters. The number of rotatable bonds is 8. The van der Waals surface area contributed by atoms with E-state index in [9.17, 15) is 0 Å². The van der Waals surface area contributed by atoms with E-state index in [0.29, 0.717) is 0 Å². The van der Waals surface area contributed by atoms with Crippen LogP contribution in [0.3, 0.4) is 0 Å². The number of furan rings is 1. The van der Waals surface area contributed by atoms with Crippen LogP contribution < -0.4 is 5.32 Å². The second-order valence-electron chi connectivity index (χ2n) is 5.22. The van der Waals surface area contributed by atoms with E-state index in [-0.39, 0.29) is 0 Å². The number of thioether (sulfide) groups is 1. The summed E-state index contributed by atoms with van der Waals surface area (Å²) >= 11 is 1.84. The van der Waals surface area contributed by atoms with Crippen LogP contribution in [-0.2, 0) is 19.3 Å². The molecule has 0 saturated heterocycles. The van der Waals surface area contributed by atoms with E-state index in [0.717, 1.165) is 47.9 Å². The van der Waals surface area contributed by atoms with Crippen molar-refractivity contribution in [2.24, 2.45) is 7.05 Å². The minimum atomic E-state index is 0.819. The van der Waals surface area contributed by atoms with Gasteiger partial charge in [-0.05, 0) is 33.2 Å². The molecule has 0 amide bonds. The number of nitrogens with one attached hydrogen (secondary N) is 1. The van der Waals surface area contributed by atoms with Crippen LogP contribution in [0.1, 0.15) is 17.3 Å². The molecule has 0 bridgehead atoms. The van der Waals surface area contributed by atoms with Gasteiger partial charge in [0.15, 0.2) is 0 Å². The average Bonchev–Trinajstić information content (AvgIpc) is 2.99.